The van der Waals surface area contributed by atoms with Gasteiger partial charge in [0, 0.05) is 49.0 Å². The van der Waals surface area contributed by atoms with Crippen LogP contribution in [0.15, 0.2) is 5.38 Å². The first kappa shape index (κ1) is 16.9. The summed E-state index contributed by atoms with van der Waals surface area (Å²) < 4.78 is 0. The molecule has 0 spiro atoms. The van der Waals surface area contributed by atoms with E-state index >= 15 is 0 Å². The lowest BCUT2D eigenvalue weighted by atomic mass is 9.88. The van der Waals surface area contributed by atoms with Crippen LogP contribution in [0.1, 0.15) is 41.1 Å². The summed E-state index contributed by atoms with van der Waals surface area (Å²) in [4.78, 5) is 18.9. The summed E-state index contributed by atoms with van der Waals surface area (Å²) >= 11 is 1.77. The van der Waals surface area contributed by atoms with E-state index < -0.39 is 0 Å². The van der Waals surface area contributed by atoms with Crippen LogP contribution in [0.25, 0.3) is 0 Å². The number of hydrogen-bond acceptors (Lipinski definition) is 4. The van der Waals surface area contributed by atoms with E-state index in [4.69, 9.17) is 0 Å². The highest BCUT2D eigenvalue weighted by atomic mass is 32.1. The number of amides is 1. The lowest BCUT2D eigenvalue weighted by Crippen LogP contribution is -2.49. The minimum Gasteiger partial charge on any atom is -0.348 e. The van der Waals surface area contributed by atoms with Gasteiger partial charge in [-0.1, -0.05) is 6.92 Å². The summed E-state index contributed by atoms with van der Waals surface area (Å²) in [6.07, 6.45) is 3.42. The molecule has 0 bridgehead atoms. The molecule has 2 atom stereocenters. The van der Waals surface area contributed by atoms with Crippen molar-refractivity contribution in [2.45, 2.75) is 39.2 Å². The van der Waals surface area contributed by atoms with Gasteiger partial charge in [0.15, 0.2) is 0 Å². The third-order valence-electron chi connectivity index (χ3n) is 5.15. The topological polar surface area (TPSA) is 35.6 Å². The van der Waals surface area contributed by atoms with Crippen molar-refractivity contribution < 1.29 is 4.79 Å². The largest absolute Gasteiger partial charge is 0.348 e. The zero-order chi connectivity index (χ0) is 16.4. The average molecular weight is 336 g/mol. The van der Waals surface area contributed by atoms with Crippen molar-refractivity contribution in [2.75, 3.05) is 39.8 Å². The van der Waals surface area contributed by atoms with Gasteiger partial charge in [0.1, 0.15) is 0 Å². The first-order chi connectivity index (χ1) is 11.0. The molecule has 1 aromatic rings. The molecule has 0 radical (unpaired) electrons. The fraction of sp³-hybridized carbons (Fsp3) is 0.722. The highest BCUT2D eigenvalue weighted by Crippen LogP contribution is 2.32. The summed E-state index contributed by atoms with van der Waals surface area (Å²) in [5, 5.41) is 5.28. The van der Waals surface area contributed by atoms with Crippen LogP contribution in [0.2, 0.25) is 0 Å². The van der Waals surface area contributed by atoms with Crippen LogP contribution in [0.4, 0.5) is 0 Å². The lowest BCUT2D eigenvalue weighted by Gasteiger charge is -2.34. The first-order valence-electron chi connectivity index (χ1n) is 8.84. The molecular weight excluding hydrogens is 306 g/mol. The van der Waals surface area contributed by atoms with Gasteiger partial charge in [-0.05, 0) is 44.7 Å². The van der Waals surface area contributed by atoms with Crippen molar-refractivity contribution in [1.29, 1.82) is 0 Å². The van der Waals surface area contributed by atoms with E-state index in [0.29, 0.717) is 0 Å². The molecule has 2 aliphatic rings. The Kier molecular flexibility index (Phi) is 5.39. The van der Waals surface area contributed by atoms with Crippen LogP contribution in [-0.4, -0.2) is 61.5 Å². The molecular formula is C18H29N3OS. The molecule has 0 saturated carbocycles. The molecule has 1 aliphatic carbocycles. The van der Waals surface area contributed by atoms with Gasteiger partial charge >= 0.3 is 0 Å². The Morgan fingerprint density at radius 2 is 2.13 bits per heavy atom. The van der Waals surface area contributed by atoms with Crippen LogP contribution in [0, 0.1) is 5.92 Å². The number of piperazine rings is 1. The Balaban J connectivity index is 1.55. The maximum Gasteiger partial charge on any atom is 0.252 e. The standard InChI is InChI=1S/C18H29N3OS/c1-13-4-5-15-16(12-23-17(15)10-13)18(22)19-14(2)11-21-8-6-20(3)7-9-21/h12-14H,4-11H2,1-3H3,(H,19,22)/t13-,14+/m0/s1. The number of hydrogen-bond donors (Lipinski definition) is 1. The van der Waals surface area contributed by atoms with Gasteiger partial charge in [-0.15, -0.1) is 11.3 Å². The van der Waals surface area contributed by atoms with E-state index in [1.807, 2.05) is 0 Å². The van der Waals surface area contributed by atoms with Crippen LogP contribution >= 0.6 is 11.3 Å². The number of nitrogens with one attached hydrogen (secondary N) is 1. The highest BCUT2D eigenvalue weighted by Gasteiger charge is 2.24. The summed E-state index contributed by atoms with van der Waals surface area (Å²) in [6, 6.07) is 0.198. The quantitative estimate of drug-likeness (QED) is 0.917. The number of fused-ring (bicyclic) bond motifs is 1. The highest BCUT2D eigenvalue weighted by molar-refractivity contribution is 7.10. The van der Waals surface area contributed by atoms with Gasteiger partial charge < -0.3 is 10.2 Å². The molecule has 1 amide bonds. The zero-order valence-electron chi connectivity index (χ0n) is 14.6. The molecule has 0 unspecified atom stereocenters. The molecule has 23 heavy (non-hydrogen) atoms. The molecule has 1 aromatic heterocycles. The summed E-state index contributed by atoms with van der Waals surface area (Å²) in [6.45, 7) is 9.82. The van der Waals surface area contributed by atoms with Crippen LogP contribution < -0.4 is 5.32 Å². The van der Waals surface area contributed by atoms with Gasteiger partial charge in [0.25, 0.3) is 5.91 Å². The Hall–Kier alpha value is -0.910. The molecule has 3 rings (SSSR count). The minimum atomic E-state index is 0.124. The fourth-order valence-electron chi connectivity index (χ4n) is 3.63. The molecule has 128 valence electrons. The van der Waals surface area contributed by atoms with Crippen molar-refractivity contribution in [3.05, 3.63) is 21.4 Å². The van der Waals surface area contributed by atoms with Crippen LogP contribution in [-0.2, 0) is 12.8 Å². The molecule has 1 aliphatic heterocycles. The Morgan fingerprint density at radius 1 is 1.39 bits per heavy atom. The molecule has 1 saturated heterocycles. The molecule has 5 heteroatoms. The maximum absolute atomic E-state index is 12.6. The van der Waals surface area contributed by atoms with E-state index in [2.05, 4.69) is 41.4 Å². The average Bonchev–Trinajstić information content (AvgIpc) is 2.92. The first-order valence-corrected chi connectivity index (χ1v) is 9.72. The Morgan fingerprint density at radius 3 is 2.87 bits per heavy atom. The van der Waals surface area contributed by atoms with Crippen LogP contribution in [0.5, 0.6) is 0 Å². The second-order valence-electron chi connectivity index (χ2n) is 7.38. The van der Waals surface area contributed by atoms with E-state index in [1.54, 1.807) is 11.3 Å². The van der Waals surface area contributed by atoms with Crippen molar-refractivity contribution >= 4 is 17.2 Å². The van der Waals surface area contributed by atoms with E-state index in [1.165, 1.54) is 16.9 Å². The lowest BCUT2D eigenvalue weighted by molar-refractivity contribution is 0.0914. The monoisotopic (exact) mass is 335 g/mol. The van der Waals surface area contributed by atoms with Gasteiger partial charge in [0.2, 0.25) is 0 Å². The van der Waals surface area contributed by atoms with Crippen molar-refractivity contribution in [3.8, 4) is 0 Å². The van der Waals surface area contributed by atoms with Gasteiger partial charge in [0.05, 0.1) is 5.56 Å². The van der Waals surface area contributed by atoms with Gasteiger partial charge in [-0.25, -0.2) is 0 Å². The summed E-state index contributed by atoms with van der Waals surface area (Å²) in [5.41, 5.74) is 2.25. The van der Waals surface area contributed by atoms with E-state index in [9.17, 15) is 4.79 Å². The molecule has 2 heterocycles. The number of carbonyl (C=O) groups is 1. The van der Waals surface area contributed by atoms with E-state index in [0.717, 1.165) is 57.0 Å². The minimum absolute atomic E-state index is 0.124. The number of likely N-dealkylation sites (N-methyl/N-ethyl adjacent to an activating group) is 1. The van der Waals surface area contributed by atoms with Crippen LogP contribution in [0.3, 0.4) is 0 Å². The van der Waals surface area contributed by atoms with E-state index in [-0.39, 0.29) is 11.9 Å². The van der Waals surface area contributed by atoms with Crippen molar-refractivity contribution in [2.24, 2.45) is 5.92 Å². The summed E-state index contributed by atoms with van der Waals surface area (Å²) in [5.74, 6) is 0.881. The normalized spacial score (nSPS) is 24.2. The maximum atomic E-state index is 12.6. The third kappa shape index (κ3) is 4.14. The molecule has 1 fully saturated rings. The Labute approximate surface area is 143 Å². The molecule has 4 nitrogen and oxygen atoms in total. The van der Waals surface area contributed by atoms with Crippen molar-refractivity contribution in [3.63, 3.8) is 0 Å². The SMILES string of the molecule is C[C@H]1CCc2c(C(=O)N[C@H](C)CN3CCN(C)CC3)csc2C1. The van der Waals surface area contributed by atoms with Gasteiger partial charge in [-0.2, -0.15) is 0 Å². The summed E-state index contributed by atoms with van der Waals surface area (Å²) in [7, 11) is 2.17. The molecule has 0 aromatic carbocycles. The second-order valence-corrected chi connectivity index (χ2v) is 8.34. The second kappa shape index (κ2) is 7.32. The fourth-order valence-corrected chi connectivity index (χ4v) is 4.88. The number of nitrogens with zero attached hydrogens (tertiary/aromatic N) is 2. The Bertz CT molecular complexity index is 548. The predicted octanol–water partition coefficient (Wildman–Crippen LogP) is 2.24. The smallest absolute Gasteiger partial charge is 0.252 e. The number of thiophene rings is 1. The predicted molar refractivity (Wildman–Crippen MR) is 96.4 cm³/mol. The zero-order valence-corrected chi connectivity index (χ0v) is 15.4. The van der Waals surface area contributed by atoms with Crippen molar-refractivity contribution in [1.82, 2.24) is 15.1 Å². The van der Waals surface area contributed by atoms with Gasteiger partial charge in [-0.3, -0.25) is 9.69 Å². The number of carbonyl (C=O) groups excluding carboxylic acids is 1. The third-order valence-corrected chi connectivity index (χ3v) is 6.20. The molecule has 1 N–H and O–H groups in total. The number of rotatable bonds is 4.